The minimum atomic E-state index is -0.119. The minimum Gasteiger partial charge on any atom is -0.345 e. The fraction of sp³-hybridized carbons (Fsp3) is 0.611. The quantitative estimate of drug-likeness (QED) is 0.834. The molecule has 1 aromatic carbocycles. The lowest BCUT2D eigenvalue weighted by Crippen LogP contribution is -2.40. The van der Waals surface area contributed by atoms with Crippen molar-refractivity contribution < 1.29 is 9.18 Å². The van der Waals surface area contributed by atoms with Crippen molar-refractivity contribution in [3.8, 4) is 0 Å². The number of piperidine rings is 1. The standard InChI is InChI=1S/C18H27FN2O/c1-14(2)18(22)20(3)12-15-8-10-21(11-9-15)13-16-6-4-5-7-17(16)19/h4-7,14-15H,8-13H2,1-3H3. The molecule has 0 saturated carbocycles. The van der Waals surface area contributed by atoms with Crippen LogP contribution in [0.1, 0.15) is 32.3 Å². The van der Waals surface area contributed by atoms with Crippen LogP contribution in [0.5, 0.6) is 0 Å². The molecule has 0 bridgehead atoms. The summed E-state index contributed by atoms with van der Waals surface area (Å²) in [6, 6.07) is 7.00. The number of carbonyl (C=O) groups excluding carboxylic acids is 1. The van der Waals surface area contributed by atoms with E-state index in [1.807, 2.05) is 37.9 Å². The van der Waals surface area contributed by atoms with E-state index >= 15 is 0 Å². The molecular weight excluding hydrogens is 279 g/mol. The van der Waals surface area contributed by atoms with Crippen LogP contribution in [0.25, 0.3) is 0 Å². The maximum atomic E-state index is 13.7. The number of carbonyl (C=O) groups is 1. The van der Waals surface area contributed by atoms with E-state index in [0.29, 0.717) is 12.5 Å². The van der Waals surface area contributed by atoms with E-state index in [-0.39, 0.29) is 17.6 Å². The van der Waals surface area contributed by atoms with E-state index in [9.17, 15) is 9.18 Å². The van der Waals surface area contributed by atoms with E-state index in [2.05, 4.69) is 4.90 Å². The second kappa shape index (κ2) is 7.73. The Morgan fingerprint density at radius 1 is 1.32 bits per heavy atom. The van der Waals surface area contributed by atoms with Gasteiger partial charge in [0, 0.05) is 31.6 Å². The van der Waals surface area contributed by atoms with E-state index in [4.69, 9.17) is 0 Å². The molecule has 0 radical (unpaired) electrons. The fourth-order valence-corrected chi connectivity index (χ4v) is 3.11. The van der Waals surface area contributed by atoms with Crippen molar-refractivity contribution in [1.29, 1.82) is 0 Å². The van der Waals surface area contributed by atoms with Crippen molar-refractivity contribution in [2.45, 2.75) is 33.2 Å². The van der Waals surface area contributed by atoms with Crippen LogP contribution >= 0.6 is 0 Å². The highest BCUT2D eigenvalue weighted by atomic mass is 19.1. The van der Waals surface area contributed by atoms with Gasteiger partial charge in [-0.2, -0.15) is 0 Å². The Hall–Kier alpha value is -1.42. The number of nitrogens with zero attached hydrogens (tertiary/aromatic N) is 2. The molecule has 122 valence electrons. The molecule has 22 heavy (non-hydrogen) atoms. The van der Waals surface area contributed by atoms with Crippen LogP contribution in [-0.4, -0.2) is 42.4 Å². The molecule has 0 aromatic heterocycles. The van der Waals surface area contributed by atoms with Crippen LogP contribution in [-0.2, 0) is 11.3 Å². The zero-order valence-corrected chi connectivity index (χ0v) is 13.9. The number of hydrogen-bond acceptors (Lipinski definition) is 2. The topological polar surface area (TPSA) is 23.6 Å². The molecule has 2 rings (SSSR count). The Kier molecular flexibility index (Phi) is 5.95. The number of halogens is 1. The van der Waals surface area contributed by atoms with Crippen LogP contribution in [0.4, 0.5) is 4.39 Å². The van der Waals surface area contributed by atoms with Gasteiger partial charge in [-0.3, -0.25) is 9.69 Å². The summed E-state index contributed by atoms with van der Waals surface area (Å²) in [5, 5.41) is 0. The molecule has 0 atom stereocenters. The highest BCUT2D eigenvalue weighted by Crippen LogP contribution is 2.21. The molecular formula is C18H27FN2O. The van der Waals surface area contributed by atoms with Crippen molar-refractivity contribution in [3.05, 3.63) is 35.6 Å². The van der Waals surface area contributed by atoms with Crippen molar-refractivity contribution in [1.82, 2.24) is 9.80 Å². The molecule has 4 heteroatoms. The summed E-state index contributed by atoms with van der Waals surface area (Å²) in [6.07, 6.45) is 2.15. The summed E-state index contributed by atoms with van der Waals surface area (Å²) in [7, 11) is 1.90. The van der Waals surface area contributed by atoms with Gasteiger partial charge in [-0.05, 0) is 37.9 Å². The largest absolute Gasteiger partial charge is 0.345 e. The maximum absolute atomic E-state index is 13.7. The molecule has 1 aliphatic heterocycles. The molecule has 1 saturated heterocycles. The molecule has 1 amide bonds. The van der Waals surface area contributed by atoms with Gasteiger partial charge in [-0.1, -0.05) is 32.0 Å². The Labute approximate surface area is 133 Å². The first kappa shape index (κ1) is 16.9. The van der Waals surface area contributed by atoms with Gasteiger partial charge >= 0.3 is 0 Å². The summed E-state index contributed by atoms with van der Waals surface area (Å²) in [5.74, 6) is 0.719. The monoisotopic (exact) mass is 306 g/mol. The van der Waals surface area contributed by atoms with Gasteiger partial charge in [0.2, 0.25) is 5.91 Å². The lowest BCUT2D eigenvalue weighted by Gasteiger charge is -2.34. The van der Waals surface area contributed by atoms with Gasteiger partial charge in [0.25, 0.3) is 0 Å². The average molecular weight is 306 g/mol. The zero-order valence-electron chi connectivity index (χ0n) is 13.9. The second-order valence-electron chi connectivity index (χ2n) is 6.68. The highest BCUT2D eigenvalue weighted by molar-refractivity contribution is 5.77. The minimum absolute atomic E-state index is 0.0612. The lowest BCUT2D eigenvalue weighted by atomic mass is 9.95. The van der Waals surface area contributed by atoms with Crippen LogP contribution in [0.3, 0.4) is 0 Å². The first-order chi connectivity index (χ1) is 10.5. The number of rotatable bonds is 5. The van der Waals surface area contributed by atoms with Crippen molar-refractivity contribution >= 4 is 5.91 Å². The molecule has 1 aliphatic rings. The molecule has 1 fully saturated rings. The summed E-state index contributed by atoms with van der Waals surface area (Å²) < 4.78 is 13.7. The van der Waals surface area contributed by atoms with E-state index < -0.39 is 0 Å². The predicted octanol–water partition coefficient (Wildman–Crippen LogP) is 3.15. The SMILES string of the molecule is CC(C)C(=O)N(C)CC1CCN(Cc2ccccc2F)CC1. The first-order valence-electron chi connectivity index (χ1n) is 8.18. The number of amides is 1. The van der Waals surface area contributed by atoms with Gasteiger partial charge in [-0.25, -0.2) is 4.39 Å². The van der Waals surface area contributed by atoms with Gasteiger partial charge < -0.3 is 4.90 Å². The molecule has 0 unspecified atom stereocenters. The van der Waals surface area contributed by atoms with Crippen molar-refractivity contribution in [2.75, 3.05) is 26.7 Å². The van der Waals surface area contributed by atoms with E-state index in [1.54, 1.807) is 6.07 Å². The maximum Gasteiger partial charge on any atom is 0.224 e. The summed E-state index contributed by atoms with van der Waals surface area (Å²) >= 11 is 0. The fourth-order valence-electron chi connectivity index (χ4n) is 3.11. The third kappa shape index (κ3) is 4.54. The Balaban J connectivity index is 1.78. The summed E-state index contributed by atoms with van der Waals surface area (Å²) in [4.78, 5) is 16.1. The first-order valence-corrected chi connectivity index (χ1v) is 8.18. The zero-order chi connectivity index (χ0) is 16.1. The number of benzene rings is 1. The number of likely N-dealkylation sites (tertiary alicyclic amines) is 1. The number of hydrogen-bond donors (Lipinski definition) is 0. The lowest BCUT2D eigenvalue weighted by molar-refractivity contribution is -0.133. The van der Waals surface area contributed by atoms with E-state index in [0.717, 1.165) is 38.0 Å². The van der Waals surface area contributed by atoms with Crippen LogP contribution in [0, 0.1) is 17.7 Å². The molecule has 0 spiro atoms. The predicted molar refractivity (Wildman–Crippen MR) is 86.9 cm³/mol. The summed E-state index contributed by atoms with van der Waals surface area (Å²) in [5.41, 5.74) is 0.771. The van der Waals surface area contributed by atoms with Crippen LogP contribution in [0.2, 0.25) is 0 Å². The van der Waals surface area contributed by atoms with Crippen LogP contribution < -0.4 is 0 Å². The van der Waals surface area contributed by atoms with Gasteiger partial charge in [0.05, 0.1) is 0 Å². The highest BCUT2D eigenvalue weighted by Gasteiger charge is 2.23. The third-order valence-electron chi connectivity index (χ3n) is 4.46. The molecule has 3 nitrogen and oxygen atoms in total. The van der Waals surface area contributed by atoms with Crippen molar-refractivity contribution in [2.24, 2.45) is 11.8 Å². The van der Waals surface area contributed by atoms with E-state index in [1.165, 1.54) is 6.07 Å². The average Bonchev–Trinajstić information content (AvgIpc) is 2.50. The van der Waals surface area contributed by atoms with Gasteiger partial charge in [0.1, 0.15) is 5.82 Å². The third-order valence-corrected chi connectivity index (χ3v) is 4.46. The molecule has 0 aliphatic carbocycles. The normalized spacial score (nSPS) is 17.0. The molecule has 0 N–H and O–H groups in total. The second-order valence-corrected chi connectivity index (χ2v) is 6.68. The smallest absolute Gasteiger partial charge is 0.224 e. The molecule has 1 aromatic rings. The Bertz CT molecular complexity index is 496. The molecule has 1 heterocycles. The van der Waals surface area contributed by atoms with Gasteiger partial charge in [-0.15, -0.1) is 0 Å². The Morgan fingerprint density at radius 3 is 2.55 bits per heavy atom. The summed E-state index contributed by atoms with van der Waals surface area (Å²) in [6.45, 7) is 7.35. The Morgan fingerprint density at radius 2 is 1.95 bits per heavy atom. The van der Waals surface area contributed by atoms with Crippen molar-refractivity contribution in [3.63, 3.8) is 0 Å². The van der Waals surface area contributed by atoms with Gasteiger partial charge in [0.15, 0.2) is 0 Å². The van der Waals surface area contributed by atoms with Crippen LogP contribution in [0.15, 0.2) is 24.3 Å².